The SMILES string of the molecule is NS(=O)(=O)c1ccc(NC(=O)CSc2ccc(NC(=O)Cc3ccccc3)cc2)cc1. The van der Waals surface area contributed by atoms with E-state index >= 15 is 0 Å². The van der Waals surface area contributed by atoms with Crippen molar-refractivity contribution >= 4 is 45.0 Å². The van der Waals surface area contributed by atoms with Crippen LogP contribution in [0, 0.1) is 0 Å². The van der Waals surface area contributed by atoms with Crippen molar-refractivity contribution in [3.8, 4) is 0 Å². The fourth-order valence-corrected chi connectivity index (χ4v) is 3.91. The summed E-state index contributed by atoms with van der Waals surface area (Å²) >= 11 is 1.34. The molecule has 3 aromatic carbocycles. The Morgan fingerprint density at radius 2 is 1.32 bits per heavy atom. The molecule has 4 N–H and O–H groups in total. The van der Waals surface area contributed by atoms with Crippen molar-refractivity contribution in [2.24, 2.45) is 5.14 Å². The van der Waals surface area contributed by atoms with E-state index < -0.39 is 10.0 Å². The van der Waals surface area contributed by atoms with Crippen molar-refractivity contribution in [2.45, 2.75) is 16.2 Å². The summed E-state index contributed by atoms with van der Waals surface area (Å²) in [6.45, 7) is 0. The van der Waals surface area contributed by atoms with Crippen molar-refractivity contribution in [1.29, 1.82) is 0 Å². The third kappa shape index (κ3) is 7.25. The molecule has 2 amide bonds. The van der Waals surface area contributed by atoms with Crippen LogP contribution in [-0.4, -0.2) is 26.0 Å². The van der Waals surface area contributed by atoms with E-state index in [0.717, 1.165) is 10.5 Å². The summed E-state index contributed by atoms with van der Waals surface area (Å²) in [5.41, 5.74) is 2.11. The van der Waals surface area contributed by atoms with E-state index in [4.69, 9.17) is 5.14 Å². The van der Waals surface area contributed by atoms with Gasteiger partial charge in [-0.15, -0.1) is 11.8 Å². The zero-order valence-corrected chi connectivity index (χ0v) is 18.1. The highest BCUT2D eigenvalue weighted by atomic mass is 32.2. The Hall–Kier alpha value is -3.14. The molecule has 0 bridgehead atoms. The first-order valence-electron chi connectivity index (χ1n) is 9.29. The minimum atomic E-state index is -3.76. The zero-order chi connectivity index (χ0) is 22.3. The van der Waals surface area contributed by atoms with Gasteiger partial charge in [0.1, 0.15) is 0 Å². The van der Waals surface area contributed by atoms with E-state index in [9.17, 15) is 18.0 Å². The number of amides is 2. The average molecular weight is 456 g/mol. The molecule has 3 rings (SSSR count). The minimum absolute atomic E-state index is 0.0178. The second-order valence-electron chi connectivity index (χ2n) is 6.64. The van der Waals surface area contributed by atoms with Gasteiger partial charge in [0.25, 0.3) is 0 Å². The van der Waals surface area contributed by atoms with Gasteiger partial charge >= 0.3 is 0 Å². The Bertz CT molecular complexity index is 1150. The topological polar surface area (TPSA) is 118 Å². The lowest BCUT2D eigenvalue weighted by atomic mass is 10.1. The van der Waals surface area contributed by atoms with Gasteiger partial charge in [0.15, 0.2) is 0 Å². The number of thioether (sulfide) groups is 1. The van der Waals surface area contributed by atoms with Crippen molar-refractivity contribution in [3.63, 3.8) is 0 Å². The van der Waals surface area contributed by atoms with Crippen molar-refractivity contribution < 1.29 is 18.0 Å². The van der Waals surface area contributed by atoms with E-state index in [1.54, 1.807) is 12.1 Å². The van der Waals surface area contributed by atoms with E-state index in [1.165, 1.54) is 36.0 Å². The number of rotatable bonds is 8. The van der Waals surface area contributed by atoms with Gasteiger partial charge in [-0.1, -0.05) is 30.3 Å². The number of carbonyl (C=O) groups excluding carboxylic acids is 2. The summed E-state index contributed by atoms with van der Waals surface area (Å²) in [4.78, 5) is 25.1. The molecule has 0 aliphatic rings. The number of sulfonamides is 1. The summed E-state index contributed by atoms with van der Waals surface area (Å²) < 4.78 is 22.5. The zero-order valence-electron chi connectivity index (χ0n) is 16.4. The van der Waals surface area contributed by atoms with E-state index in [0.29, 0.717) is 17.8 Å². The summed E-state index contributed by atoms with van der Waals surface area (Å²) in [5.74, 6) is -0.149. The smallest absolute Gasteiger partial charge is 0.238 e. The number of nitrogens with two attached hydrogens (primary N) is 1. The number of hydrogen-bond donors (Lipinski definition) is 3. The van der Waals surface area contributed by atoms with Gasteiger partial charge in [0.05, 0.1) is 17.1 Å². The molecule has 31 heavy (non-hydrogen) atoms. The second kappa shape index (κ2) is 10.3. The fourth-order valence-electron chi connectivity index (χ4n) is 2.69. The van der Waals surface area contributed by atoms with Crippen molar-refractivity contribution in [3.05, 3.63) is 84.4 Å². The molecule has 0 fully saturated rings. The molecule has 0 heterocycles. The lowest BCUT2D eigenvalue weighted by molar-refractivity contribution is -0.115. The molecule has 0 aliphatic heterocycles. The molecule has 0 radical (unpaired) electrons. The Kier molecular flexibility index (Phi) is 7.45. The van der Waals surface area contributed by atoms with Crippen LogP contribution in [0.1, 0.15) is 5.56 Å². The van der Waals surface area contributed by atoms with Crippen LogP contribution >= 0.6 is 11.8 Å². The van der Waals surface area contributed by atoms with Gasteiger partial charge in [0, 0.05) is 16.3 Å². The quantitative estimate of drug-likeness (QED) is 0.451. The van der Waals surface area contributed by atoms with Crippen molar-refractivity contribution in [2.75, 3.05) is 16.4 Å². The number of hydrogen-bond acceptors (Lipinski definition) is 5. The van der Waals surface area contributed by atoms with Crippen LogP contribution in [0.4, 0.5) is 11.4 Å². The third-order valence-corrected chi connectivity index (χ3v) is 6.12. The summed E-state index contributed by atoms with van der Waals surface area (Å²) in [5, 5.41) is 10.6. The van der Waals surface area contributed by atoms with Crippen LogP contribution in [0.25, 0.3) is 0 Å². The van der Waals surface area contributed by atoms with Gasteiger partial charge in [-0.2, -0.15) is 0 Å². The fraction of sp³-hybridized carbons (Fsp3) is 0.0909. The predicted molar refractivity (Wildman–Crippen MR) is 122 cm³/mol. The Morgan fingerprint density at radius 1 is 0.774 bits per heavy atom. The van der Waals surface area contributed by atoms with Gasteiger partial charge in [-0.05, 0) is 54.1 Å². The number of benzene rings is 3. The molecule has 7 nitrogen and oxygen atoms in total. The van der Waals surface area contributed by atoms with E-state index in [2.05, 4.69) is 10.6 Å². The number of anilines is 2. The van der Waals surface area contributed by atoms with Crippen LogP contribution in [0.15, 0.2) is 88.7 Å². The molecular formula is C22H21N3O4S2. The highest BCUT2D eigenvalue weighted by Gasteiger charge is 2.09. The van der Waals surface area contributed by atoms with Crippen LogP contribution in [0.5, 0.6) is 0 Å². The largest absolute Gasteiger partial charge is 0.326 e. The maximum Gasteiger partial charge on any atom is 0.238 e. The standard InChI is InChI=1S/C22H21N3O4S2/c23-31(28,29)20-12-8-18(9-13-20)25-22(27)15-30-19-10-6-17(7-11-19)24-21(26)14-16-4-2-1-3-5-16/h1-13H,14-15H2,(H,24,26)(H,25,27)(H2,23,28,29). The first-order chi connectivity index (χ1) is 14.8. The van der Waals surface area contributed by atoms with Crippen LogP contribution in [0.3, 0.4) is 0 Å². The molecule has 0 unspecified atom stereocenters. The lowest BCUT2D eigenvalue weighted by Crippen LogP contribution is -2.15. The normalized spacial score (nSPS) is 11.0. The summed E-state index contributed by atoms with van der Waals surface area (Å²) in [6, 6.07) is 22.4. The van der Waals surface area contributed by atoms with Gasteiger partial charge in [-0.3, -0.25) is 9.59 Å². The molecule has 0 atom stereocenters. The highest BCUT2D eigenvalue weighted by molar-refractivity contribution is 8.00. The molecular weight excluding hydrogens is 434 g/mol. The van der Waals surface area contributed by atoms with Crippen LogP contribution in [-0.2, 0) is 26.0 Å². The average Bonchev–Trinajstić information content (AvgIpc) is 2.74. The molecule has 0 aliphatic carbocycles. The molecule has 160 valence electrons. The van der Waals surface area contributed by atoms with Crippen LogP contribution in [0.2, 0.25) is 0 Å². The third-order valence-electron chi connectivity index (χ3n) is 4.18. The van der Waals surface area contributed by atoms with Crippen molar-refractivity contribution in [1.82, 2.24) is 0 Å². The maximum atomic E-state index is 12.1. The van der Waals surface area contributed by atoms with Gasteiger partial charge in [-0.25, -0.2) is 13.6 Å². The predicted octanol–water partition coefficient (Wildman–Crippen LogP) is 3.25. The molecule has 3 aromatic rings. The first-order valence-corrected chi connectivity index (χ1v) is 11.8. The molecule has 0 saturated carbocycles. The van der Waals surface area contributed by atoms with E-state index in [-0.39, 0.29) is 22.5 Å². The Balaban J connectivity index is 1.46. The number of carbonyl (C=O) groups is 2. The Morgan fingerprint density at radius 3 is 1.90 bits per heavy atom. The number of nitrogens with one attached hydrogen (secondary N) is 2. The number of primary sulfonamides is 1. The summed E-state index contributed by atoms with van der Waals surface area (Å²) in [7, 11) is -3.76. The van der Waals surface area contributed by atoms with E-state index in [1.807, 2.05) is 42.5 Å². The Labute approximate surface area is 185 Å². The molecule has 0 saturated heterocycles. The molecule has 0 aromatic heterocycles. The summed E-state index contributed by atoms with van der Waals surface area (Å²) in [6.07, 6.45) is 0.301. The minimum Gasteiger partial charge on any atom is -0.326 e. The molecule has 9 heteroatoms. The van der Waals surface area contributed by atoms with Crippen LogP contribution < -0.4 is 15.8 Å². The monoisotopic (exact) mass is 455 g/mol. The highest BCUT2D eigenvalue weighted by Crippen LogP contribution is 2.21. The second-order valence-corrected chi connectivity index (χ2v) is 9.25. The maximum absolute atomic E-state index is 12.1. The first kappa shape index (κ1) is 22.5. The lowest BCUT2D eigenvalue weighted by Gasteiger charge is -2.08. The van der Waals surface area contributed by atoms with Gasteiger partial charge in [0.2, 0.25) is 21.8 Å². The van der Waals surface area contributed by atoms with Gasteiger partial charge < -0.3 is 10.6 Å². The molecule has 0 spiro atoms.